The molecule has 0 saturated carbocycles. The second kappa shape index (κ2) is 7.48. The minimum Gasteiger partial charge on any atom is -0.506 e. The first-order valence-corrected chi connectivity index (χ1v) is 8.55. The van der Waals surface area contributed by atoms with Crippen molar-refractivity contribution in [1.82, 2.24) is 4.98 Å². The van der Waals surface area contributed by atoms with Gasteiger partial charge < -0.3 is 5.11 Å². The Bertz CT molecular complexity index is 1220. The second-order valence-electron chi connectivity index (χ2n) is 5.98. The molecular weight excluding hydrogens is 330 g/mol. The molecule has 0 atom stereocenters. The lowest BCUT2D eigenvalue weighted by atomic mass is 10.1. The van der Waals surface area contributed by atoms with Crippen LogP contribution >= 0.6 is 0 Å². The van der Waals surface area contributed by atoms with Crippen LogP contribution in [0.25, 0.3) is 10.9 Å². The Morgan fingerprint density at radius 3 is 1.93 bits per heavy atom. The lowest BCUT2D eigenvalue weighted by molar-refractivity contribution is 0.480. The number of nitrogens with zero attached hydrogens (tertiary/aromatic N) is 1. The SMILES string of the molecule is Oc1ccc(C#Cc2ccc(C#Cc3ccccc3)cc2)c2cccnc12. The molecule has 4 aromatic rings. The first kappa shape index (κ1) is 16.5. The van der Waals surface area contributed by atoms with E-state index >= 15 is 0 Å². The third-order valence-electron chi connectivity index (χ3n) is 4.10. The largest absolute Gasteiger partial charge is 0.506 e. The molecule has 1 aromatic heterocycles. The topological polar surface area (TPSA) is 33.1 Å². The lowest BCUT2D eigenvalue weighted by Crippen LogP contribution is -1.84. The Morgan fingerprint density at radius 1 is 0.593 bits per heavy atom. The summed E-state index contributed by atoms with van der Waals surface area (Å²) in [6, 6.07) is 25.0. The van der Waals surface area contributed by atoms with Gasteiger partial charge in [0.1, 0.15) is 11.3 Å². The molecule has 0 radical (unpaired) electrons. The Labute approximate surface area is 158 Å². The zero-order valence-electron chi connectivity index (χ0n) is 14.5. The van der Waals surface area contributed by atoms with Gasteiger partial charge in [-0.05, 0) is 60.7 Å². The Balaban J connectivity index is 1.59. The predicted molar refractivity (Wildman–Crippen MR) is 108 cm³/mol. The summed E-state index contributed by atoms with van der Waals surface area (Å²) >= 11 is 0. The van der Waals surface area contributed by atoms with E-state index in [1.165, 1.54) is 0 Å². The molecule has 0 aliphatic carbocycles. The fraction of sp³-hybridized carbons (Fsp3) is 0. The summed E-state index contributed by atoms with van der Waals surface area (Å²) in [6.45, 7) is 0. The average molecular weight is 345 g/mol. The molecule has 3 aromatic carbocycles. The van der Waals surface area contributed by atoms with Crippen LogP contribution in [0.1, 0.15) is 22.3 Å². The normalized spacial score (nSPS) is 9.78. The van der Waals surface area contributed by atoms with Crippen molar-refractivity contribution in [3.05, 3.63) is 107 Å². The summed E-state index contributed by atoms with van der Waals surface area (Å²) < 4.78 is 0. The number of pyridine rings is 1. The molecule has 126 valence electrons. The molecule has 0 unspecified atom stereocenters. The third-order valence-corrected chi connectivity index (χ3v) is 4.10. The van der Waals surface area contributed by atoms with Gasteiger partial charge in [0.2, 0.25) is 0 Å². The zero-order chi connectivity index (χ0) is 18.5. The van der Waals surface area contributed by atoms with Gasteiger partial charge in [-0.2, -0.15) is 0 Å². The van der Waals surface area contributed by atoms with Gasteiger partial charge in [-0.15, -0.1) is 0 Å². The van der Waals surface area contributed by atoms with Crippen LogP contribution in [0.2, 0.25) is 0 Å². The smallest absolute Gasteiger partial charge is 0.141 e. The first-order chi connectivity index (χ1) is 13.3. The monoisotopic (exact) mass is 345 g/mol. The highest BCUT2D eigenvalue weighted by Crippen LogP contribution is 2.24. The van der Waals surface area contributed by atoms with Crippen molar-refractivity contribution >= 4 is 10.9 Å². The van der Waals surface area contributed by atoms with Crippen molar-refractivity contribution in [2.75, 3.05) is 0 Å². The van der Waals surface area contributed by atoms with Gasteiger partial charge in [0.15, 0.2) is 0 Å². The Kier molecular flexibility index (Phi) is 4.56. The molecular formula is C25H15NO. The fourth-order valence-electron chi connectivity index (χ4n) is 2.71. The van der Waals surface area contributed by atoms with Crippen molar-refractivity contribution in [2.24, 2.45) is 0 Å². The summed E-state index contributed by atoms with van der Waals surface area (Å²) in [6.07, 6.45) is 1.66. The molecule has 27 heavy (non-hydrogen) atoms. The number of hydrogen-bond donors (Lipinski definition) is 1. The molecule has 0 saturated heterocycles. The van der Waals surface area contributed by atoms with E-state index in [-0.39, 0.29) is 5.75 Å². The molecule has 2 heteroatoms. The van der Waals surface area contributed by atoms with E-state index in [9.17, 15) is 5.11 Å². The van der Waals surface area contributed by atoms with E-state index in [4.69, 9.17) is 0 Å². The van der Waals surface area contributed by atoms with E-state index in [1.54, 1.807) is 12.3 Å². The summed E-state index contributed by atoms with van der Waals surface area (Å²) in [4.78, 5) is 4.22. The van der Waals surface area contributed by atoms with Crippen LogP contribution in [0, 0.1) is 23.7 Å². The van der Waals surface area contributed by atoms with Crippen LogP contribution in [0.4, 0.5) is 0 Å². The van der Waals surface area contributed by atoms with Gasteiger partial charge in [0.05, 0.1) is 0 Å². The Hall–Kier alpha value is -4.01. The van der Waals surface area contributed by atoms with Crippen LogP contribution in [-0.2, 0) is 0 Å². The van der Waals surface area contributed by atoms with Crippen LogP contribution in [0.15, 0.2) is 85.1 Å². The molecule has 1 N–H and O–H groups in total. The molecule has 0 aliphatic rings. The molecule has 0 spiro atoms. The van der Waals surface area contributed by atoms with Crippen LogP contribution in [-0.4, -0.2) is 10.1 Å². The number of hydrogen-bond acceptors (Lipinski definition) is 2. The van der Waals surface area contributed by atoms with Gasteiger partial charge >= 0.3 is 0 Å². The molecule has 0 amide bonds. The van der Waals surface area contributed by atoms with Crippen molar-refractivity contribution in [1.29, 1.82) is 0 Å². The summed E-state index contributed by atoms with van der Waals surface area (Å²) in [5.74, 6) is 12.8. The number of benzene rings is 3. The highest BCUT2D eigenvalue weighted by Gasteiger charge is 2.03. The molecule has 1 heterocycles. The average Bonchev–Trinajstić information content (AvgIpc) is 2.73. The third kappa shape index (κ3) is 3.82. The van der Waals surface area contributed by atoms with Crippen molar-refractivity contribution in [3.63, 3.8) is 0 Å². The number of phenols is 1. The highest BCUT2D eigenvalue weighted by molar-refractivity contribution is 5.89. The van der Waals surface area contributed by atoms with Gasteiger partial charge in [-0.3, -0.25) is 4.98 Å². The maximum Gasteiger partial charge on any atom is 0.141 e. The van der Waals surface area contributed by atoms with E-state index in [1.807, 2.05) is 72.8 Å². The number of aromatic hydroxyl groups is 1. The van der Waals surface area contributed by atoms with E-state index in [2.05, 4.69) is 28.7 Å². The van der Waals surface area contributed by atoms with E-state index in [0.717, 1.165) is 27.6 Å². The quantitative estimate of drug-likeness (QED) is 0.467. The maximum absolute atomic E-state index is 9.92. The molecule has 0 aliphatic heterocycles. The van der Waals surface area contributed by atoms with Crippen molar-refractivity contribution < 1.29 is 5.11 Å². The van der Waals surface area contributed by atoms with Crippen molar-refractivity contribution in [2.45, 2.75) is 0 Å². The van der Waals surface area contributed by atoms with Crippen molar-refractivity contribution in [3.8, 4) is 29.4 Å². The van der Waals surface area contributed by atoms with Gasteiger partial charge in [-0.1, -0.05) is 41.9 Å². The van der Waals surface area contributed by atoms with Gasteiger partial charge in [0.25, 0.3) is 0 Å². The highest BCUT2D eigenvalue weighted by atomic mass is 16.3. The minimum atomic E-state index is 0.164. The van der Waals surface area contributed by atoms with Crippen LogP contribution in [0.5, 0.6) is 5.75 Å². The summed E-state index contributed by atoms with van der Waals surface area (Å²) in [7, 11) is 0. The van der Waals surface area contributed by atoms with E-state index in [0.29, 0.717) is 5.52 Å². The fourth-order valence-corrected chi connectivity index (χ4v) is 2.71. The van der Waals surface area contributed by atoms with Gasteiger partial charge in [0, 0.05) is 33.8 Å². The number of phenolic OH excluding ortho intramolecular Hbond substituents is 1. The molecule has 2 nitrogen and oxygen atoms in total. The summed E-state index contributed by atoms with van der Waals surface area (Å²) in [5, 5.41) is 10.8. The zero-order valence-corrected chi connectivity index (χ0v) is 14.5. The predicted octanol–water partition coefficient (Wildman–Crippen LogP) is 4.74. The molecule has 0 bridgehead atoms. The van der Waals surface area contributed by atoms with E-state index < -0.39 is 0 Å². The first-order valence-electron chi connectivity index (χ1n) is 8.55. The number of fused-ring (bicyclic) bond motifs is 1. The summed E-state index contributed by atoms with van der Waals surface area (Å²) in [5.41, 5.74) is 4.25. The maximum atomic E-state index is 9.92. The molecule has 0 fully saturated rings. The minimum absolute atomic E-state index is 0.164. The lowest BCUT2D eigenvalue weighted by Gasteiger charge is -2.01. The molecule has 4 rings (SSSR count). The van der Waals surface area contributed by atoms with Crippen LogP contribution in [0.3, 0.4) is 0 Å². The van der Waals surface area contributed by atoms with Crippen LogP contribution < -0.4 is 0 Å². The Morgan fingerprint density at radius 2 is 1.22 bits per heavy atom. The van der Waals surface area contributed by atoms with Gasteiger partial charge in [-0.25, -0.2) is 0 Å². The standard InChI is InChI=1S/C25H15NO/c27-24-17-16-22(23-7-4-18-26-25(23)24)15-14-21-12-10-20(11-13-21)9-8-19-5-2-1-3-6-19/h1-7,10-13,16-18,27H. The number of aromatic nitrogens is 1. The second-order valence-corrected chi connectivity index (χ2v) is 5.98. The number of rotatable bonds is 0.